The van der Waals surface area contributed by atoms with Crippen LogP contribution in [0, 0.1) is 0 Å². The van der Waals surface area contributed by atoms with E-state index in [1.54, 1.807) is 24.3 Å². The summed E-state index contributed by atoms with van der Waals surface area (Å²) in [6.07, 6.45) is 0.637. The van der Waals surface area contributed by atoms with Gasteiger partial charge in [0.25, 0.3) is 5.91 Å². The second-order valence-corrected chi connectivity index (χ2v) is 7.12. The Morgan fingerprint density at radius 1 is 1.00 bits per heavy atom. The van der Waals surface area contributed by atoms with Gasteiger partial charge in [0.1, 0.15) is 0 Å². The van der Waals surface area contributed by atoms with Crippen molar-refractivity contribution < 1.29 is 13.2 Å². The molecular formula is C16H16N2O3S. The van der Waals surface area contributed by atoms with Crippen LogP contribution in [0.4, 0.5) is 11.4 Å². The summed E-state index contributed by atoms with van der Waals surface area (Å²) in [6, 6.07) is 15.8. The lowest BCUT2D eigenvalue weighted by Crippen LogP contribution is -2.25. The van der Waals surface area contributed by atoms with E-state index < -0.39 is 10.0 Å². The minimum atomic E-state index is -3.19. The third-order valence-electron chi connectivity index (χ3n) is 3.55. The van der Waals surface area contributed by atoms with Crippen molar-refractivity contribution in [3.63, 3.8) is 0 Å². The molecule has 0 saturated carbocycles. The number of amides is 1. The zero-order valence-corrected chi connectivity index (χ0v) is 12.7. The Morgan fingerprint density at radius 2 is 1.68 bits per heavy atom. The fraction of sp³-hybridized carbons (Fsp3) is 0.188. The van der Waals surface area contributed by atoms with Crippen molar-refractivity contribution in [2.24, 2.45) is 0 Å². The molecule has 22 heavy (non-hydrogen) atoms. The normalized spacial score (nSPS) is 16.5. The van der Waals surface area contributed by atoms with Crippen molar-refractivity contribution >= 4 is 27.3 Å². The zero-order valence-electron chi connectivity index (χ0n) is 11.9. The smallest absolute Gasteiger partial charge is 0.255 e. The lowest BCUT2D eigenvalue weighted by Gasteiger charge is -2.17. The van der Waals surface area contributed by atoms with Crippen LogP contribution in [-0.2, 0) is 10.0 Å². The number of para-hydroxylation sites is 1. The number of hydrogen-bond acceptors (Lipinski definition) is 3. The molecule has 5 nitrogen and oxygen atoms in total. The molecule has 6 heteroatoms. The van der Waals surface area contributed by atoms with Gasteiger partial charge in [-0.25, -0.2) is 8.42 Å². The summed E-state index contributed by atoms with van der Waals surface area (Å²) < 4.78 is 25.1. The van der Waals surface area contributed by atoms with E-state index in [-0.39, 0.29) is 11.7 Å². The zero-order chi connectivity index (χ0) is 15.6. The van der Waals surface area contributed by atoms with Gasteiger partial charge in [-0.3, -0.25) is 9.10 Å². The van der Waals surface area contributed by atoms with Crippen molar-refractivity contribution in [1.82, 2.24) is 0 Å². The molecule has 1 amide bonds. The highest BCUT2D eigenvalue weighted by Gasteiger charge is 2.28. The Balaban J connectivity index is 1.75. The summed E-state index contributed by atoms with van der Waals surface area (Å²) >= 11 is 0. The van der Waals surface area contributed by atoms with Gasteiger partial charge in [0.15, 0.2) is 0 Å². The molecule has 0 aromatic heterocycles. The van der Waals surface area contributed by atoms with Crippen molar-refractivity contribution in [2.75, 3.05) is 21.9 Å². The van der Waals surface area contributed by atoms with E-state index in [4.69, 9.17) is 0 Å². The largest absolute Gasteiger partial charge is 0.322 e. The summed E-state index contributed by atoms with van der Waals surface area (Å²) in [5.41, 5.74) is 1.82. The van der Waals surface area contributed by atoms with E-state index in [0.29, 0.717) is 24.2 Å². The van der Waals surface area contributed by atoms with Crippen LogP contribution in [-0.4, -0.2) is 26.6 Å². The summed E-state index contributed by atoms with van der Waals surface area (Å²) in [6.45, 7) is 0.498. The van der Waals surface area contributed by atoms with Crippen LogP contribution in [0.5, 0.6) is 0 Å². The standard InChI is InChI=1S/C16H16N2O3S/c19-16(17-14-5-2-1-3-6-14)13-7-9-15(10-8-13)18-11-4-12-22(18,20)21/h1-3,5-10H,4,11-12H2,(H,17,19). The number of nitrogens with zero attached hydrogens (tertiary/aromatic N) is 1. The summed E-state index contributed by atoms with van der Waals surface area (Å²) in [5, 5.41) is 2.79. The van der Waals surface area contributed by atoms with Gasteiger partial charge in [0.05, 0.1) is 11.4 Å². The number of nitrogens with one attached hydrogen (secondary N) is 1. The minimum absolute atomic E-state index is 0.184. The Labute approximate surface area is 129 Å². The van der Waals surface area contributed by atoms with Crippen molar-refractivity contribution in [2.45, 2.75) is 6.42 Å². The third-order valence-corrected chi connectivity index (χ3v) is 5.42. The van der Waals surface area contributed by atoms with E-state index in [9.17, 15) is 13.2 Å². The van der Waals surface area contributed by atoms with Crippen molar-refractivity contribution in [3.8, 4) is 0 Å². The fourth-order valence-corrected chi connectivity index (χ4v) is 4.00. The molecular weight excluding hydrogens is 300 g/mol. The van der Waals surface area contributed by atoms with Crippen LogP contribution < -0.4 is 9.62 Å². The van der Waals surface area contributed by atoms with Crippen LogP contribution >= 0.6 is 0 Å². The highest BCUT2D eigenvalue weighted by Crippen LogP contribution is 2.24. The van der Waals surface area contributed by atoms with E-state index in [2.05, 4.69) is 5.32 Å². The number of rotatable bonds is 3. The van der Waals surface area contributed by atoms with Gasteiger partial charge < -0.3 is 5.32 Å². The van der Waals surface area contributed by atoms with E-state index in [1.807, 2.05) is 30.3 Å². The molecule has 0 bridgehead atoms. The summed E-state index contributed by atoms with van der Waals surface area (Å²) in [4.78, 5) is 12.1. The second kappa shape index (κ2) is 5.81. The Kier molecular flexibility index (Phi) is 3.85. The van der Waals surface area contributed by atoms with Gasteiger partial charge in [0.2, 0.25) is 10.0 Å². The first-order chi connectivity index (χ1) is 10.6. The molecule has 3 rings (SSSR count). The molecule has 1 N–H and O–H groups in total. The van der Waals surface area contributed by atoms with Crippen molar-refractivity contribution in [1.29, 1.82) is 0 Å². The lowest BCUT2D eigenvalue weighted by atomic mass is 10.2. The number of sulfonamides is 1. The Bertz CT molecular complexity index is 771. The van der Waals surface area contributed by atoms with Crippen LogP contribution in [0.3, 0.4) is 0 Å². The van der Waals surface area contributed by atoms with Gasteiger partial charge in [-0.05, 0) is 42.8 Å². The lowest BCUT2D eigenvalue weighted by molar-refractivity contribution is 0.102. The molecule has 0 unspecified atom stereocenters. The van der Waals surface area contributed by atoms with Gasteiger partial charge in [-0.15, -0.1) is 0 Å². The molecule has 1 aliphatic rings. The maximum Gasteiger partial charge on any atom is 0.255 e. The molecule has 0 aliphatic carbocycles. The molecule has 1 heterocycles. The highest BCUT2D eigenvalue weighted by atomic mass is 32.2. The van der Waals surface area contributed by atoms with E-state index in [1.165, 1.54) is 4.31 Å². The molecule has 1 fully saturated rings. The average molecular weight is 316 g/mol. The van der Waals surface area contributed by atoms with Crippen molar-refractivity contribution in [3.05, 3.63) is 60.2 Å². The maximum atomic E-state index is 12.1. The Hall–Kier alpha value is -2.34. The molecule has 1 aliphatic heterocycles. The van der Waals surface area contributed by atoms with Gasteiger partial charge in [-0.1, -0.05) is 18.2 Å². The van der Waals surface area contributed by atoms with Gasteiger partial charge in [0, 0.05) is 17.8 Å². The topological polar surface area (TPSA) is 66.5 Å². The number of benzene rings is 2. The summed E-state index contributed by atoms with van der Waals surface area (Å²) in [7, 11) is -3.19. The first kappa shape index (κ1) is 14.6. The highest BCUT2D eigenvalue weighted by molar-refractivity contribution is 7.93. The molecule has 2 aromatic rings. The predicted molar refractivity (Wildman–Crippen MR) is 86.6 cm³/mol. The average Bonchev–Trinajstić information content (AvgIpc) is 2.88. The van der Waals surface area contributed by atoms with Crippen LogP contribution in [0.25, 0.3) is 0 Å². The number of hydrogen-bond donors (Lipinski definition) is 1. The first-order valence-corrected chi connectivity index (χ1v) is 8.64. The molecule has 114 valence electrons. The van der Waals surface area contributed by atoms with Gasteiger partial charge >= 0.3 is 0 Å². The SMILES string of the molecule is O=C(Nc1ccccc1)c1ccc(N2CCCS2(=O)=O)cc1. The van der Waals surface area contributed by atoms with Crippen LogP contribution in [0.15, 0.2) is 54.6 Å². The monoisotopic (exact) mass is 316 g/mol. The van der Waals surface area contributed by atoms with E-state index >= 15 is 0 Å². The van der Waals surface area contributed by atoms with E-state index in [0.717, 1.165) is 5.69 Å². The second-order valence-electron chi connectivity index (χ2n) is 5.11. The molecule has 2 aromatic carbocycles. The Morgan fingerprint density at radius 3 is 2.27 bits per heavy atom. The minimum Gasteiger partial charge on any atom is -0.322 e. The molecule has 0 radical (unpaired) electrons. The predicted octanol–water partition coefficient (Wildman–Crippen LogP) is 2.48. The number of carbonyl (C=O) groups excluding carboxylic acids is 1. The molecule has 0 spiro atoms. The third kappa shape index (κ3) is 2.96. The summed E-state index contributed by atoms with van der Waals surface area (Å²) in [5.74, 6) is -0.0366. The molecule has 0 atom stereocenters. The quantitative estimate of drug-likeness (QED) is 0.946. The maximum absolute atomic E-state index is 12.1. The number of anilines is 2. The van der Waals surface area contributed by atoms with Gasteiger partial charge in [-0.2, -0.15) is 0 Å². The molecule has 1 saturated heterocycles. The van der Waals surface area contributed by atoms with Crippen LogP contribution in [0.2, 0.25) is 0 Å². The van der Waals surface area contributed by atoms with Crippen LogP contribution in [0.1, 0.15) is 16.8 Å². The first-order valence-electron chi connectivity index (χ1n) is 7.03. The number of carbonyl (C=O) groups is 1. The fourth-order valence-electron chi connectivity index (χ4n) is 2.43.